The van der Waals surface area contributed by atoms with Crippen LogP contribution in [0.25, 0.3) is 0 Å². The summed E-state index contributed by atoms with van der Waals surface area (Å²) in [5.41, 5.74) is 4.57. The average molecular weight is 291 g/mol. The van der Waals surface area contributed by atoms with Crippen molar-refractivity contribution in [2.75, 3.05) is 12.0 Å². The molecule has 0 saturated carbocycles. The van der Waals surface area contributed by atoms with Crippen molar-refractivity contribution in [3.8, 4) is 5.75 Å². The Balaban J connectivity index is 1.95. The van der Waals surface area contributed by atoms with Gasteiger partial charge in [0.05, 0.1) is 11.9 Å². The van der Waals surface area contributed by atoms with Gasteiger partial charge in [-0.2, -0.15) is 5.10 Å². The Morgan fingerprint density at radius 3 is 3.15 bits per heavy atom. The summed E-state index contributed by atoms with van der Waals surface area (Å²) >= 11 is 1.47. The summed E-state index contributed by atoms with van der Waals surface area (Å²) in [5, 5.41) is 15.3. The summed E-state index contributed by atoms with van der Waals surface area (Å²) in [4.78, 5) is 14.6. The normalized spacial score (nSPS) is 10.7. The Labute approximate surface area is 119 Å². The van der Waals surface area contributed by atoms with Gasteiger partial charge in [0.25, 0.3) is 0 Å². The molecule has 0 spiro atoms. The van der Waals surface area contributed by atoms with Crippen molar-refractivity contribution in [1.82, 2.24) is 4.98 Å². The fourth-order valence-electron chi connectivity index (χ4n) is 1.40. The van der Waals surface area contributed by atoms with Crippen LogP contribution in [0, 0.1) is 6.92 Å². The second kappa shape index (κ2) is 6.67. The monoisotopic (exact) mass is 291 g/mol. The van der Waals surface area contributed by atoms with Crippen molar-refractivity contribution in [3.05, 3.63) is 40.9 Å². The number of benzene rings is 1. The van der Waals surface area contributed by atoms with Crippen molar-refractivity contribution in [2.24, 2.45) is 5.10 Å². The molecule has 2 N–H and O–H groups in total. The minimum Gasteiger partial charge on any atom is -0.482 e. The number of rotatable bonds is 6. The van der Waals surface area contributed by atoms with Gasteiger partial charge in [0.2, 0.25) is 5.13 Å². The van der Waals surface area contributed by atoms with E-state index in [1.54, 1.807) is 24.4 Å². The summed E-state index contributed by atoms with van der Waals surface area (Å²) in [6.07, 6.45) is 1.62. The number of aromatic nitrogens is 1. The molecule has 1 aromatic heterocycles. The highest BCUT2D eigenvalue weighted by molar-refractivity contribution is 7.13. The Hall–Kier alpha value is -2.41. The number of carboxylic acids is 1. The van der Waals surface area contributed by atoms with Crippen LogP contribution in [-0.4, -0.2) is 28.9 Å². The lowest BCUT2D eigenvalue weighted by atomic mass is 10.2. The van der Waals surface area contributed by atoms with Crippen molar-refractivity contribution in [1.29, 1.82) is 0 Å². The van der Waals surface area contributed by atoms with Gasteiger partial charge in [-0.1, -0.05) is 12.1 Å². The maximum atomic E-state index is 10.4. The number of carbonyl (C=O) groups is 1. The molecular formula is C13H13N3O3S. The van der Waals surface area contributed by atoms with Gasteiger partial charge < -0.3 is 9.84 Å². The summed E-state index contributed by atoms with van der Waals surface area (Å²) in [5.74, 6) is -0.522. The van der Waals surface area contributed by atoms with Crippen molar-refractivity contribution in [2.45, 2.75) is 6.92 Å². The molecule has 0 atom stereocenters. The molecule has 20 heavy (non-hydrogen) atoms. The Morgan fingerprint density at radius 1 is 1.60 bits per heavy atom. The molecule has 7 heteroatoms. The zero-order chi connectivity index (χ0) is 14.4. The van der Waals surface area contributed by atoms with E-state index in [0.717, 1.165) is 16.4 Å². The van der Waals surface area contributed by atoms with E-state index in [0.29, 0.717) is 5.75 Å². The third kappa shape index (κ3) is 4.36. The first-order valence-corrected chi connectivity index (χ1v) is 6.67. The number of hydrogen-bond donors (Lipinski definition) is 2. The third-order valence-corrected chi connectivity index (χ3v) is 3.08. The molecule has 0 fully saturated rings. The van der Waals surface area contributed by atoms with E-state index < -0.39 is 5.97 Å². The summed E-state index contributed by atoms with van der Waals surface area (Å²) in [6, 6.07) is 7.01. The fraction of sp³-hybridized carbons (Fsp3) is 0.154. The van der Waals surface area contributed by atoms with Crippen molar-refractivity contribution < 1.29 is 14.6 Å². The highest BCUT2D eigenvalue weighted by Gasteiger charge is 1.99. The van der Waals surface area contributed by atoms with E-state index in [2.05, 4.69) is 15.5 Å². The lowest BCUT2D eigenvalue weighted by Crippen LogP contribution is -2.09. The third-order valence-electron chi connectivity index (χ3n) is 2.21. The second-order valence-electron chi connectivity index (χ2n) is 3.92. The average Bonchev–Trinajstić information content (AvgIpc) is 2.83. The van der Waals surface area contributed by atoms with E-state index in [-0.39, 0.29) is 6.61 Å². The van der Waals surface area contributed by atoms with Crippen molar-refractivity contribution >= 4 is 28.7 Å². The first kappa shape index (κ1) is 14.0. The maximum absolute atomic E-state index is 10.4. The summed E-state index contributed by atoms with van der Waals surface area (Å²) < 4.78 is 5.08. The van der Waals surface area contributed by atoms with Crippen LogP contribution in [0.2, 0.25) is 0 Å². The SMILES string of the molecule is Cc1csc(NN=Cc2cccc(OCC(=O)O)c2)n1. The zero-order valence-corrected chi connectivity index (χ0v) is 11.6. The van der Waals surface area contributed by atoms with E-state index in [4.69, 9.17) is 9.84 Å². The number of nitrogens with zero attached hydrogens (tertiary/aromatic N) is 2. The summed E-state index contributed by atoms with van der Waals surface area (Å²) in [6.45, 7) is 1.55. The van der Waals surface area contributed by atoms with E-state index in [1.165, 1.54) is 11.3 Å². The standard InChI is InChI=1S/C13H13N3O3S/c1-9-8-20-13(15-9)16-14-6-10-3-2-4-11(5-10)19-7-12(17)18/h2-6,8H,7H2,1H3,(H,15,16)(H,17,18). The quantitative estimate of drug-likeness (QED) is 0.630. The lowest BCUT2D eigenvalue weighted by Gasteiger charge is -2.03. The van der Waals surface area contributed by atoms with Crippen molar-refractivity contribution in [3.63, 3.8) is 0 Å². The van der Waals surface area contributed by atoms with Crippen LogP contribution in [0.5, 0.6) is 5.75 Å². The molecule has 0 aliphatic carbocycles. The fourth-order valence-corrected chi connectivity index (χ4v) is 2.03. The number of aliphatic carboxylic acids is 1. The topological polar surface area (TPSA) is 83.8 Å². The number of nitrogens with one attached hydrogen (secondary N) is 1. The molecule has 2 aromatic rings. The van der Waals surface area contributed by atoms with Crippen LogP contribution >= 0.6 is 11.3 Å². The molecule has 0 amide bonds. The Morgan fingerprint density at radius 2 is 2.45 bits per heavy atom. The molecule has 1 aromatic carbocycles. The number of aryl methyl sites for hydroxylation is 1. The van der Waals surface area contributed by atoms with Gasteiger partial charge >= 0.3 is 5.97 Å². The molecule has 0 aliphatic rings. The van der Waals surface area contributed by atoms with Crippen LogP contribution in [0.15, 0.2) is 34.7 Å². The largest absolute Gasteiger partial charge is 0.482 e. The van der Waals surface area contributed by atoms with Gasteiger partial charge in [0, 0.05) is 5.38 Å². The van der Waals surface area contributed by atoms with Crippen LogP contribution < -0.4 is 10.2 Å². The molecule has 2 rings (SSSR count). The minimum absolute atomic E-state index is 0.364. The highest BCUT2D eigenvalue weighted by atomic mass is 32.1. The van der Waals surface area contributed by atoms with Gasteiger partial charge in [-0.15, -0.1) is 11.3 Å². The summed E-state index contributed by atoms with van der Waals surface area (Å²) in [7, 11) is 0. The molecule has 0 aliphatic heterocycles. The van der Waals surface area contributed by atoms with Crippen LogP contribution in [0.1, 0.15) is 11.3 Å². The van der Waals surface area contributed by atoms with Crippen LogP contribution in [0.4, 0.5) is 5.13 Å². The molecule has 0 unspecified atom stereocenters. The van der Waals surface area contributed by atoms with E-state index in [1.807, 2.05) is 18.4 Å². The predicted octanol–water partition coefficient (Wildman–Crippen LogP) is 2.36. The number of anilines is 1. The minimum atomic E-state index is -1.01. The number of hydrazone groups is 1. The smallest absolute Gasteiger partial charge is 0.341 e. The van der Waals surface area contributed by atoms with E-state index in [9.17, 15) is 4.79 Å². The highest BCUT2D eigenvalue weighted by Crippen LogP contribution is 2.15. The Kier molecular flexibility index (Phi) is 4.67. The number of thiazole rings is 1. The van der Waals surface area contributed by atoms with Gasteiger partial charge in [-0.25, -0.2) is 9.78 Å². The lowest BCUT2D eigenvalue weighted by molar-refractivity contribution is -0.139. The van der Waals surface area contributed by atoms with Gasteiger partial charge in [-0.3, -0.25) is 5.43 Å². The van der Waals surface area contributed by atoms with E-state index >= 15 is 0 Å². The maximum Gasteiger partial charge on any atom is 0.341 e. The van der Waals surface area contributed by atoms with Gasteiger partial charge in [-0.05, 0) is 24.6 Å². The van der Waals surface area contributed by atoms with Gasteiger partial charge in [0.1, 0.15) is 5.75 Å². The molecule has 0 radical (unpaired) electrons. The molecule has 0 saturated heterocycles. The molecule has 1 heterocycles. The molecule has 6 nitrogen and oxygen atoms in total. The van der Waals surface area contributed by atoms with Gasteiger partial charge in [0.15, 0.2) is 6.61 Å². The van der Waals surface area contributed by atoms with Crippen LogP contribution in [-0.2, 0) is 4.79 Å². The number of hydrogen-bond acceptors (Lipinski definition) is 6. The predicted molar refractivity (Wildman–Crippen MR) is 77.6 cm³/mol. The molecule has 0 bridgehead atoms. The molecule has 104 valence electrons. The van der Waals surface area contributed by atoms with Crippen LogP contribution in [0.3, 0.4) is 0 Å². The molecular weight excluding hydrogens is 278 g/mol. The first-order valence-electron chi connectivity index (χ1n) is 5.79. The Bertz CT molecular complexity index is 625. The number of ether oxygens (including phenoxy) is 1. The number of carboxylic acid groups (broad SMARTS) is 1. The second-order valence-corrected chi connectivity index (χ2v) is 4.78. The zero-order valence-electron chi connectivity index (χ0n) is 10.7. The first-order chi connectivity index (χ1) is 9.63.